The lowest BCUT2D eigenvalue weighted by Crippen LogP contribution is -1.84. The molecule has 3 aromatic rings. The fourth-order valence-corrected chi connectivity index (χ4v) is 2.59. The molecular weight excluding hydrogens is 304 g/mol. The Labute approximate surface area is 119 Å². The van der Waals surface area contributed by atoms with Gasteiger partial charge in [0.2, 0.25) is 5.89 Å². The van der Waals surface area contributed by atoms with Gasteiger partial charge in [-0.2, -0.15) is 0 Å². The Hall–Kier alpha value is -1.81. The number of nitrogen functional groups attached to an aromatic ring is 1. The lowest BCUT2D eigenvalue weighted by atomic mass is 10.1. The van der Waals surface area contributed by atoms with E-state index in [9.17, 15) is 0 Å². The van der Waals surface area contributed by atoms with Gasteiger partial charge in [-0.15, -0.1) is 0 Å². The zero-order valence-electron chi connectivity index (χ0n) is 10.7. The molecule has 0 aliphatic heterocycles. The molecule has 96 valence electrons. The summed E-state index contributed by atoms with van der Waals surface area (Å²) in [6.07, 6.45) is 0. The average molecular weight is 317 g/mol. The Bertz CT molecular complexity index is 760. The Morgan fingerprint density at radius 3 is 2.53 bits per heavy atom. The summed E-state index contributed by atoms with van der Waals surface area (Å²) in [5.74, 6) is 0.612. The van der Waals surface area contributed by atoms with Crippen molar-refractivity contribution in [2.45, 2.75) is 13.8 Å². The molecule has 0 aliphatic rings. The molecule has 2 N–H and O–H groups in total. The van der Waals surface area contributed by atoms with Crippen molar-refractivity contribution in [2.24, 2.45) is 0 Å². The van der Waals surface area contributed by atoms with E-state index in [1.807, 2.05) is 30.3 Å². The second kappa shape index (κ2) is 4.38. The van der Waals surface area contributed by atoms with E-state index in [1.165, 1.54) is 11.1 Å². The molecule has 0 unspecified atom stereocenters. The highest BCUT2D eigenvalue weighted by Gasteiger charge is 2.13. The first-order valence-electron chi connectivity index (χ1n) is 5.98. The number of oxazole rings is 1. The molecule has 0 aliphatic carbocycles. The highest BCUT2D eigenvalue weighted by Crippen LogP contribution is 2.33. The van der Waals surface area contributed by atoms with Gasteiger partial charge in [-0.3, -0.25) is 0 Å². The molecule has 0 amide bonds. The summed E-state index contributed by atoms with van der Waals surface area (Å²) in [6, 6.07) is 9.55. The van der Waals surface area contributed by atoms with Gasteiger partial charge in [0.25, 0.3) is 0 Å². The molecule has 1 aromatic heterocycles. The summed E-state index contributed by atoms with van der Waals surface area (Å²) in [6.45, 7) is 4.13. The number of benzene rings is 2. The van der Waals surface area contributed by atoms with Crippen molar-refractivity contribution in [1.29, 1.82) is 0 Å². The molecule has 0 spiro atoms. The Balaban J connectivity index is 2.22. The lowest BCUT2D eigenvalue weighted by Gasteiger charge is -2.01. The first kappa shape index (κ1) is 12.2. The van der Waals surface area contributed by atoms with Gasteiger partial charge >= 0.3 is 0 Å². The van der Waals surface area contributed by atoms with Crippen LogP contribution in [0, 0.1) is 13.8 Å². The summed E-state index contributed by atoms with van der Waals surface area (Å²) in [4.78, 5) is 4.54. The summed E-state index contributed by atoms with van der Waals surface area (Å²) in [5.41, 5.74) is 11.4. The Morgan fingerprint density at radius 1 is 1.16 bits per heavy atom. The topological polar surface area (TPSA) is 52.0 Å². The quantitative estimate of drug-likeness (QED) is 0.674. The first-order chi connectivity index (χ1) is 9.06. The molecule has 0 bridgehead atoms. The molecule has 3 nitrogen and oxygen atoms in total. The number of hydrogen-bond acceptors (Lipinski definition) is 3. The number of fused-ring (bicyclic) bond motifs is 1. The molecule has 2 aromatic carbocycles. The molecule has 0 fully saturated rings. The van der Waals surface area contributed by atoms with Crippen LogP contribution < -0.4 is 5.73 Å². The lowest BCUT2D eigenvalue weighted by molar-refractivity contribution is 0.617. The second-order valence-corrected chi connectivity index (χ2v) is 5.41. The van der Waals surface area contributed by atoms with E-state index in [0.29, 0.717) is 5.89 Å². The number of rotatable bonds is 1. The third-order valence-corrected chi connectivity index (χ3v) is 4.24. The van der Waals surface area contributed by atoms with E-state index in [1.54, 1.807) is 0 Å². The predicted octanol–water partition coefficient (Wildman–Crippen LogP) is 4.46. The summed E-state index contributed by atoms with van der Waals surface area (Å²) >= 11 is 3.58. The largest absolute Gasteiger partial charge is 0.435 e. The number of halogens is 1. The fourth-order valence-electron chi connectivity index (χ4n) is 1.99. The minimum Gasteiger partial charge on any atom is -0.435 e. The maximum Gasteiger partial charge on any atom is 0.227 e. The molecule has 0 saturated carbocycles. The van der Waals surface area contributed by atoms with Crippen molar-refractivity contribution >= 4 is 32.7 Å². The van der Waals surface area contributed by atoms with Crippen LogP contribution >= 0.6 is 15.9 Å². The molecule has 0 atom stereocenters. The monoisotopic (exact) mass is 316 g/mol. The van der Waals surface area contributed by atoms with Crippen molar-refractivity contribution in [3.63, 3.8) is 0 Å². The molecule has 19 heavy (non-hydrogen) atoms. The van der Waals surface area contributed by atoms with Crippen LogP contribution in [-0.2, 0) is 0 Å². The van der Waals surface area contributed by atoms with Crippen LogP contribution in [0.3, 0.4) is 0 Å². The van der Waals surface area contributed by atoms with Gasteiger partial charge in [-0.1, -0.05) is 0 Å². The Kier molecular flexibility index (Phi) is 2.82. The van der Waals surface area contributed by atoms with Crippen LogP contribution in [0.2, 0.25) is 0 Å². The van der Waals surface area contributed by atoms with E-state index in [-0.39, 0.29) is 0 Å². The van der Waals surface area contributed by atoms with Crippen molar-refractivity contribution < 1.29 is 4.42 Å². The zero-order chi connectivity index (χ0) is 13.6. The minimum absolute atomic E-state index is 0.612. The first-order valence-corrected chi connectivity index (χ1v) is 6.77. The average Bonchev–Trinajstić information content (AvgIpc) is 2.81. The molecule has 0 radical (unpaired) electrons. The van der Waals surface area contributed by atoms with Gasteiger partial charge < -0.3 is 10.2 Å². The number of nitrogens with zero attached hydrogens (tertiary/aromatic N) is 1. The highest BCUT2D eigenvalue weighted by molar-refractivity contribution is 9.10. The summed E-state index contributed by atoms with van der Waals surface area (Å²) < 4.78 is 6.83. The van der Waals surface area contributed by atoms with Gasteiger partial charge in [0.1, 0.15) is 5.52 Å². The smallest absolute Gasteiger partial charge is 0.227 e. The normalized spacial score (nSPS) is 11.1. The second-order valence-electron chi connectivity index (χ2n) is 4.62. The molecule has 4 heteroatoms. The molecular formula is C15H13BrN2O. The zero-order valence-corrected chi connectivity index (χ0v) is 12.3. The van der Waals surface area contributed by atoms with Crippen LogP contribution in [0.5, 0.6) is 0 Å². The summed E-state index contributed by atoms with van der Waals surface area (Å²) in [5, 5.41) is 0. The maximum atomic E-state index is 5.86. The predicted molar refractivity (Wildman–Crippen MR) is 81.0 cm³/mol. The fraction of sp³-hybridized carbons (Fsp3) is 0.133. The number of nitrogens with two attached hydrogens (primary N) is 1. The van der Waals surface area contributed by atoms with Gasteiger partial charge in [-0.25, -0.2) is 4.98 Å². The van der Waals surface area contributed by atoms with Gasteiger partial charge in [-0.05, 0) is 71.2 Å². The number of hydrogen-bond donors (Lipinski definition) is 1. The van der Waals surface area contributed by atoms with Crippen molar-refractivity contribution in [3.05, 3.63) is 45.9 Å². The van der Waals surface area contributed by atoms with E-state index in [4.69, 9.17) is 10.2 Å². The van der Waals surface area contributed by atoms with Gasteiger partial charge in [0.05, 0.1) is 4.47 Å². The maximum absolute atomic E-state index is 5.86. The number of aryl methyl sites for hydroxylation is 1. The summed E-state index contributed by atoms with van der Waals surface area (Å²) in [7, 11) is 0. The molecule has 0 saturated heterocycles. The standard InChI is InChI=1S/C15H13BrN2O/c1-8-7-12-14(13(16)9(8)2)19-15(18-12)10-3-5-11(17)6-4-10/h3-7H,17H2,1-2H3. The van der Waals surface area contributed by atoms with Crippen molar-refractivity contribution in [3.8, 4) is 11.5 Å². The van der Waals surface area contributed by atoms with Gasteiger partial charge in [0.15, 0.2) is 5.58 Å². The van der Waals surface area contributed by atoms with Crippen LogP contribution in [0.25, 0.3) is 22.6 Å². The van der Waals surface area contributed by atoms with Crippen molar-refractivity contribution in [1.82, 2.24) is 4.98 Å². The SMILES string of the molecule is Cc1cc2nc(-c3ccc(N)cc3)oc2c(Br)c1C. The third kappa shape index (κ3) is 2.02. The van der Waals surface area contributed by atoms with E-state index >= 15 is 0 Å². The van der Waals surface area contributed by atoms with E-state index < -0.39 is 0 Å². The Morgan fingerprint density at radius 2 is 1.84 bits per heavy atom. The van der Waals surface area contributed by atoms with Crippen LogP contribution in [0.1, 0.15) is 11.1 Å². The van der Waals surface area contributed by atoms with Crippen LogP contribution in [0.4, 0.5) is 5.69 Å². The van der Waals surface area contributed by atoms with E-state index in [2.05, 4.69) is 34.8 Å². The van der Waals surface area contributed by atoms with Crippen molar-refractivity contribution in [2.75, 3.05) is 5.73 Å². The van der Waals surface area contributed by atoms with Crippen LogP contribution in [-0.4, -0.2) is 4.98 Å². The number of aromatic nitrogens is 1. The third-order valence-electron chi connectivity index (χ3n) is 3.28. The molecule has 1 heterocycles. The highest BCUT2D eigenvalue weighted by atomic mass is 79.9. The minimum atomic E-state index is 0.612. The van der Waals surface area contributed by atoms with Gasteiger partial charge in [0, 0.05) is 11.3 Å². The molecule has 3 rings (SSSR count). The van der Waals surface area contributed by atoms with Crippen LogP contribution in [0.15, 0.2) is 39.2 Å². The van der Waals surface area contributed by atoms with E-state index in [0.717, 1.165) is 26.8 Å². The number of anilines is 1.